The van der Waals surface area contributed by atoms with Gasteiger partial charge in [0.1, 0.15) is 5.82 Å². The molecule has 3 N–H and O–H groups in total. The largest absolute Gasteiger partial charge is 0.384 e. The van der Waals surface area contributed by atoms with E-state index in [0.717, 1.165) is 11.3 Å². The maximum atomic E-state index is 13.3. The molecule has 0 saturated carbocycles. The van der Waals surface area contributed by atoms with Gasteiger partial charge in [0.25, 0.3) is 0 Å². The molecule has 1 aromatic carbocycles. The molecule has 1 unspecified atom stereocenters. The third kappa shape index (κ3) is 3.39. The molecule has 0 bridgehead atoms. The predicted octanol–water partition coefficient (Wildman–Crippen LogP) is 4.79. The van der Waals surface area contributed by atoms with E-state index in [1.807, 2.05) is 12.1 Å². The zero-order valence-electron chi connectivity index (χ0n) is 15.8. The fourth-order valence-electron chi connectivity index (χ4n) is 4.03. The number of carbonyl (C=O) groups is 1. The van der Waals surface area contributed by atoms with Crippen LogP contribution in [0.3, 0.4) is 0 Å². The summed E-state index contributed by atoms with van der Waals surface area (Å²) in [5.74, 6) is -0.242. The van der Waals surface area contributed by atoms with Gasteiger partial charge in [-0.05, 0) is 41.7 Å². The van der Waals surface area contributed by atoms with E-state index in [4.69, 9.17) is 29.6 Å². The third-order valence-corrected chi connectivity index (χ3v) is 6.53. The minimum Gasteiger partial charge on any atom is -0.384 e. The van der Waals surface area contributed by atoms with Gasteiger partial charge in [0.15, 0.2) is 9.74 Å². The Labute approximate surface area is 182 Å². The normalized spacial score (nSPS) is 21.2. The lowest BCUT2D eigenvalue weighted by Gasteiger charge is -2.42. The number of benzene rings is 1. The number of nitrogens with two attached hydrogens (primary N) is 1. The molecule has 1 aromatic heterocycles. The van der Waals surface area contributed by atoms with E-state index in [1.165, 1.54) is 11.3 Å². The number of carbonyl (C=O) groups excluding carboxylic acids is 1. The molecule has 29 heavy (non-hydrogen) atoms. The number of anilines is 1. The standard InChI is InChI=1S/C20H18ClN5OS2/c1-20(2)7-13-16(14(27)8-20)15(10-3-5-11(21)6-4-10)12(9-22)17(23)26(13)18-24-25-19(28)29-18/h3-6,15H,7-8,23H2,1-2H3,(H,25,28). The number of nitrogens with one attached hydrogen (secondary N) is 1. The number of halogens is 1. The summed E-state index contributed by atoms with van der Waals surface area (Å²) >= 11 is 12.5. The Balaban J connectivity index is 2.00. The van der Waals surface area contributed by atoms with Crippen molar-refractivity contribution in [1.29, 1.82) is 5.26 Å². The van der Waals surface area contributed by atoms with Crippen molar-refractivity contribution in [2.75, 3.05) is 4.90 Å². The number of aromatic nitrogens is 2. The molecule has 2 aromatic rings. The molecule has 0 saturated heterocycles. The number of rotatable bonds is 2. The maximum Gasteiger partial charge on any atom is 0.216 e. The van der Waals surface area contributed by atoms with Crippen molar-refractivity contribution < 1.29 is 4.79 Å². The van der Waals surface area contributed by atoms with E-state index in [9.17, 15) is 10.1 Å². The Morgan fingerprint density at radius 3 is 2.66 bits per heavy atom. The molecule has 1 aliphatic carbocycles. The number of ketones is 1. The average Bonchev–Trinajstić information content (AvgIpc) is 3.06. The van der Waals surface area contributed by atoms with Crippen molar-refractivity contribution in [3.05, 3.63) is 61.5 Å². The maximum absolute atomic E-state index is 13.3. The highest BCUT2D eigenvalue weighted by molar-refractivity contribution is 7.73. The Morgan fingerprint density at radius 1 is 1.38 bits per heavy atom. The second-order valence-corrected chi connectivity index (χ2v) is 10.0. The molecular formula is C20H18ClN5OS2. The van der Waals surface area contributed by atoms with Gasteiger partial charge in [-0.2, -0.15) is 5.26 Å². The van der Waals surface area contributed by atoms with Crippen molar-refractivity contribution >= 4 is 46.1 Å². The van der Waals surface area contributed by atoms with Crippen LogP contribution in [0.5, 0.6) is 0 Å². The number of aromatic amines is 1. The monoisotopic (exact) mass is 443 g/mol. The Hall–Kier alpha value is -2.47. The Kier molecular flexibility index (Phi) is 4.85. The van der Waals surface area contributed by atoms with Crippen LogP contribution in [-0.4, -0.2) is 16.0 Å². The van der Waals surface area contributed by atoms with E-state index in [2.05, 4.69) is 30.1 Å². The summed E-state index contributed by atoms with van der Waals surface area (Å²) in [6, 6.07) is 9.42. The summed E-state index contributed by atoms with van der Waals surface area (Å²) in [4.78, 5) is 15.0. The van der Waals surface area contributed by atoms with Gasteiger partial charge >= 0.3 is 0 Å². The van der Waals surface area contributed by atoms with Crippen LogP contribution in [0.25, 0.3) is 0 Å². The molecular weight excluding hydrogens is 426 g/mol. The highest BCUT2D eigenvalue weighted by atomic mass is 35.5. The van der Waals surface area contributed by atoms with Gasteiger partial charge in [-0.1, -0.05) is 48.9 Å². The topological polar surface area (TPSA) is 98.8 Å². The lowest BCUT2D eigenvalue weighted by atomic mass is 9.69. The molecule has 148 valence electrons. The number of hydrogen-bond donors (Lipinski definition) is 2. The fraction of sp³-hybridized carbons (Fsp3) is 0.300. The molecule has 0 radical (unpaired) electrons. The van der Waals surface area contributed by atoms with Gasteiger partial charge in [0.2, 0.25) is 5.13 Å². The van der Waals surface area contributed by atoms with Gasteiger partial charge in [-0.15, -0.1) is 5.10 Å². The second kappa shape index (κ2) is 7.10. The Morgan fingerprint density at radius 2 is 2.07 bits per heavy atom. The molecule has 0 fully saturated rings. The van der Waals surface area contributed by atoms with E-state index in [0.29, 0.717) is 38.1 Å². The zero-order chi connectivity index (χ0) is 20.9. The number of H-pyrrole nitrogens is 1. The highest BCUT2D eigenvalue weighted by Gasteiger charge is 2.45. The van der Waals surface area contributed by atoms with Gasteiger partial charge in [-0.3, -0.25) is 14.8 Å². The van der Waals surface area contributed by atoms with Crippen molar-refractivity contribution in [3.63, 3.8) is 0 Å². The molecule has 4 rings (SSSR count). The second-order valence-electron chi connectivity index (χ2n) is 7.93. The van der Waals surface area contributed by atoms with Gasteiger partial charge in [-0.25, -0.2) is 0 Å². The molecule has 0 spiro atoms. The van der Waals surface area contributed by atoms with Crippen LogP contribution in [0.4, 0.5) is 5.13 Å². The average molecular weight is 444 g/mol. The first-order valence-electron chi connectivity index (χ1n) is 8.99. The van der Waals surface area contributed by atoms with Gasteiger partial charge in [0, 0.05) is 22.7 Å². The summed E-state index contributed by atoms with van der Waals surface area (Å²) in [5, 5.41) is 18.1. The third-order valence-electron chi connectivity index (χ3n) is 5.20. The van der Waals surface area contributed by atoms with Crippen LogP contribution in [0.2, 0.25) is 5.02 Å². The van der Waals surface area contributed by atoms with Crippen LogP contribution >= 0.6 is 35.2 Å². The first kappa shape index (κ1) is 19.8. The molecule has 6 nitrogen and oxygen atoms in total. The first-order valence-corrected chi connectivity index (χ1v) is 10.6. The summed E-state index contributed by atoms with van der Waals surface area (Å²) in [6.07, 6.45) is 1.03. The zero-order valence-corrected chi connectivity index (χ0v) is 18.2. The number of nitriles is 1. The van der Waals surface area contributed by atoms with Gasteiger partial charge in [0.05, 0.1) is 17.6 Å². The highest BCUT2D eigenvalue weighted by Crippen LogP contribution is 2.50. The van der Waals surface area contributed by atoms with E-state index in [-0.39, 0.29) is 17.0 Å². The van der Waals surface area contributed by atoms with E-state index in [1.54, 1.807) is 17.0 Å². The lowest BCUT2D eigenvalue weighted by Crippen LogP contribution is -2.42. The smallest absolute Gasteiger partial charge is 0.216 e. The first-order chi connectivity index (χ1) is 13.7. The van der Waals surface area contributed by atoms with Crippen molar-refractivity contribution in [2.45, 2.75) is 32.6 Å². The number of allylic oxidation sites excluding steroid dienone is 3. The van der Waals surface area contributed by atoms with E-state index < -0.39 is 5.92 Å². The van der Waals surface area contributed by atoms with Gasteiger partial charge < -0.3 is 5.73 Å². The molecule has 2 heterocycles. The quantitative estimate of drug-likeness (QED) is 0.647. The van der Waals surface area contributed by atoms with Crippen molar-refractivity contribution in [1.82, 2.24) is 10.2 Å². The van der Waals surface area contributed by atoms with Crippen LogP contribution in [0, 0.1) is 20.7 Å². The summed E-state index contributed by atoms with van der Waals surface area (Å²) in [6.45, 7) is 4.10. The molecule has 2 aliphatic rings. The number of hydrogen-bond acceptors (Lipinski definition) is 7. The molecule has 1 aliphatic heterocycles. The minimum absolute atomic E-state index is 0.0144. The van der Waals surface area contributed by atoms with Crippen LogP contribution < -0.4 is 10.6 Å². The molecule has 9 heteroatoms. The lowest BCUT2D eigenvalue weighted by molar-refractivity contribution is -0.118. The summed E-state index contributed by atoms with van der Waals surface area (Å²) in [7, 11) is 0. The number of Topliss-reactive ketones (excluding diaryl/α,β-unsaturated/α-hetero) is 1. The number of nitrogens with zero attached hydrogens (tertiary/aromatic N) is 3. The minimum atomic E-state index is -0.529. The van der Waals surface area contributed by atoms with Crippen LogP contribution in [-0.2, 0) is 4.79 Å². The fourth-order valence-corrected chi connectivity index (χ4v) is 5.08. The van der Waals surface area contributed by atoms with Crippen molar-refractivity contribution in [2.24, 2.45) is 11.1 Å². The van der Waals surface area contributed by atoms with Crippen LogP contribution in [0.1, 0.15) is 38.2 Å². The van der Waals surface area contributed by atoms with E-state index >= 15 is 0 Å². The van der Waals surface area contributed by atoms with Crippen LogP contribution in [0.15, 0.2) is 46.9 Å². The SMILES string of the molecule is CC1(C)CC(=O)C2=C(C1)N(c1n[nH]c(=S)s1)C(N)=C(C#N)C2c1ccc(Cl)cc1. The summed E-state index contributed by atoms with van der Waals surface area (Å²) < 4.78 is 0.495. The molecule has 1 atom stereocenters. The summed E-state index contributed by atoms with van der Waals surface area (Å²) in [5.41, 5.74) is 8.77. The predicted molar refractivity (Wildman–Crippen MR) is 116 cm³/mol. The Bertz CT molecular complexity index is 1170. The van der Waals surface area contributed by atoms with Crippen molar-refractivity contribution in [3.8, 4) is 6.07 Å². The molecule has 0 amide bonds.